The van der Waals surface area contributed by atoms with E-state index in [9.17, 15) is 14.3 Å². The van der Waals surface area contributed by atoms with Crippen molar-refractivity contribution in [3.8, 4) is 22.6 Å². The van der Waals surface area contributed by atoms with Gasteiger partial charge >= 0.3 is 29.6 Å². The fourth-order valence-electron chi connectivity index (χ4n) is 5.26. The summed E-state index contributed by atoms with van der Waals surface area (Å²) in [5.74, 6) is -0.183. The summed E-state index contributed by atoms with van der Waals surface area (Å²) < 4.78 is 26.2. The fourth-order valence-corrected chi connectivity index (χ4v) is 5.26. The second-order valence-corrected chi connectivity index (χ2v) is 9.70. The number of aliphatic carboxylic acids is 1. The molecule has 0 saturated heterocycles. The molecule has 3 aromatic rings. The second kappa shape index (κ2) is 10.9. The number of ether oxygens (including phenoxy) is 2. The molecule has 0 radical (unpaired) electrons. The third kappa shape index (κ3) is 5.31. The van der Waals surface area contributed by atoms with Crippen molar-refractivity contribution in [1.29, 1.82) is 0 Å². The molecule has 2 aromatic carbocycles. The zero-order valence-corrected chi connectivity index (χ0v) is 23.2. The number of carbonyl (C=O) groups excluding carboxylic acids is 1. The summed E-state index contributed by atoms with van der Waals surface area (Å²) >= 11 is 0. The van der Waals surface area contributed by atoms with Gasteiger partial charge in [-0.3, -0.25) is 4.98 Å². The first-order valence-electron chi connectivity index (χ1n) is 12.2. The minimum atomic E-state index is -1.01. The monoisotopic (exact) mass is 497 g/mol. The van der Waals surface area contributed by atoms with Crippen LogP contribution in [0.1, 0.15) is 60.7 Å². The number of hydrogen-bond donors (Lipinski definition) is 0. The minimum Gasteiger partial charge on any atom is -0.550 e. The predicted octanol–water partition coefficient (Wildman–Crippen LogP) is 2.15. The molecule has 7 heteroatoms. The van der Waals surface area contributed by atoms with Crippen LogP contribution in [0.15, 0.2) is 48.5 Å². The Morgan fingerprint density at radius 2 is 1.89 bits per heavy atom. The van der Waals surface area contributed by atoms with Crippen molar-refractivity contribution in [3.63, 3.8) is 0 Å². The molecule has 1 aromatic heterocycles. The average Bonchev–Trinajstić information content (AvgIpc) is 3.69. The number of fused-ring (bicyclic) bond motifs is 1. The molecule has 2 aliphatic rings. The van der Waals surface area contributed by atoms with E-state index >= 15 is 0 Å². The molecule has 1 aliphatic heterocycles. The zero-order chi connectivity index (χ0) is 24.7. The average molecular weight is 498 g/mol. The normalized spacial score (nSPS) is 18.3. The van der Waals surface area contributed by atoms with E-state index in [1.807, 2.05) is 31.2 Å². The van der Waals surface area contributed by atoms with E-state index in [4.69, 9.17) is 14.5 Å². The standard InChI is InChI=1S/C29H30FNO4.Na/c1-16(29(32)33)28(19-5-6-19)20-7-4-18-8-13-26(35-27(18)14-20)25-12-10-22(17(2)31-25)23-15-21(34-3)9-11-24(23)30;/h4,7,9-12,14-16,19,26,28H,5-6,8,13H2,1-3H3,(H,32,33);/q;+1/p-1/t16-,26?,28-;/m0./s1. The summed E-state index contributed by atoms with van der Waals surface area (Å²) in [5, 5.41) is 11.6. The van der Waals surface area contributed by atoms with Gasteiger partial charge in [-0.25, -0.2) is 4.39 Å². The number of hydrogen-bond acceptors (Lipinski definition) is 5. The Morgan fingerprint density at radius 3 is 2.56 bits per heavy atom. The molecule has 0 amide bonds. The maximum atomic E-state index is 14.5. The van der Waals surface area contributed by atoms with E-state index in [1.54, 1.807) is 26.2 Å². The van der Waals surface area contributed by atoms with Gasteiger partial charge in [0, 0.05) is 28.7 Å². The van der Waals surface area contributed by atoms with Crippen LogP contribution in [-0.2, 0) is 11.2 Å². The van der Waals surface area contributed by atoms with Crippen LogP contribution in [0.5, 0.6) is 11.5 Å². The van der Waals surface area contributed by atoms with Crippen molar-refractivity contribution < 1.29 is 53.3 Å². The zero-order valence-electron chi connectivity index (χ0n) is 21.2. The van der Waals surface area contributed by atoms with Crippen LogP contribution in [0.2, 0.25) is 0 Å². The van der Waals surface area contributed by atoms with Crippen LogP contribution >= 0.6 is 0 Å². The van der Waals surface area contributed by atoms with E-state index in [0.29, 0.717) is 22.8 Å². The number of benzene rings is 2. The molecule has 0 spiro atoms. The van der Waals surface area contributed by atoms with Crippen LogP contribution in [0, 0.1) is 24.6 Å². The van der Waals surface area contributed by atoms with Gasteiger partial charge in [0.2, 0.25) is 0 Å². The predicted molar refractivity (Wildman–Crippen MR) is 129 cm³/mol. The summed E-state index contributed by atoms with van der Waals surface area (Å²) in [7, 11) is 1.56. The number of rotatable bonds is 7. The maximum absolute atomic E-state index is 14.5. The smallest absolute Gasteiger partial charge is 0.550 e. The van der Waals surface area contributed by atoms with Gasteiger partial charge in [0.15, 0.2) is 0 Å². The number of carbonyl (C=O) groups is 1. The molecule has 36 heavy (non-hydrogen) atoms. The molecule has 1 unspecified atom stereocenters. The Hall–Kier alpha value is -2.41. The van der Waals surface area contributed by atoms with E-state index < -0.39 is 11.9 Å². The Labute approximate surface area is 233 Å². The number of aromatic nitrogens is 1. The maximum Gasteiger partial charge on any atom is 1.00 e. The molecule has 182 valence electrons. The van der Waals surface area contributed by atoms with Gasteiger partial charge in [0.05, 0.1) is 12.8 Å². The summed E-state index contributed by atoms with van der Waals surface area (Å²) in [4.78, 5) is 16.4. The summed E-state index contributed by atoms with van der Waals surface area (Å²) in [6.07, 6.45) is 3.50. The van der Waals surface area contributed by atoms with Crippen molar-refractivity contribution in [2.45, 2.75) is 51.6 Å². The topological polar surface area (TPSA) is 71.5 Å². The van der Waals surface area contributed by atoms with Crippen molar-refractivity contribution in [2.24, 2.45) is 11.8 Å². The largest absolute Gasteiger partial charge is 1.00 e. The second-order valence-electron chi connectivity index (χ2n) is 9.70. The van der Waals surface area contributed by atoms with Gasteiger partial charge in [-0.2, -0.15) is 0 Å². The molecule has 5 rings (SSSR count). The first-order valence-corrected chi connectivity index (χ1v) is 12.2. The fraction of sp³-hybridized carbons (Fsp3) is 0.379. The van der Waals surface area contributed by atoms with Crippen molar-refractivity contribution >= 4 is 5.97 Å². The molecule has 0 N–H and O–H groups in total. The van der Waals surface area contributed by atoms with Crippen molar-refractivity contribution in [3.05, 3.63) is 76.9 Å². The quantitative estimate of drug-likeness (QED) is 0.468. The van der Waals surface area contributed by atoms with Crippen molar-refractivity contribution in [1.82, 2.24) is 4.98 Å². The Balaban J connectivity index is 0.00000304. The first kappa shape index (κ1) is 26.6. The minimum absolute atomic E-state index is 0. The number of pyridine rings is 1. The number of carboxylic acids is 1. The Bertz CT molecular complexity index is 1280. The molecular formula is C29H29FNNaO4. The number of nitrogens with zero attached hydrogens (tertiary/aromatic N) is 1. The molecular weight excluding hydrogens is 468 g/mol. The molecule has 1 saturated carbocycles. The van der Waals surface area contributed by atoms with Crippen LogP contribution in [0.3, 0.4) is 0 Å². The number of aryl methyl sites for hydroxylation is 2. The SMILES string of the molecule is COc1ccc(F)c(-c2ccc(C3CCc4ccc([C@H](C5CC5)[C@H](C)C(=O)[O-])cc4O3)nc2C)c1.[Na+]. The van der Waals surface area contributed by atoms with Crippen LogP contribution in [0.4, 0.5) is 4.39 Å². The van der Waals surface area contributed by atoms with Gasteiger partial charge in [0.1, 0.15) is 23.4 Å². The summed E-state index contributed by atoms with van der Waals surface area (Å²) in [6, 6.07) is 14.6. The van der Waals surface area contributed by atoms with Crippen LogP contribution < -0.4 is 44.1 Å². The molecule has 1 fully saturated rings. The Morgan fingerprint density at radius 1 is 1.11 bits per heavy atom. The summed E-state index contributed by atoms with van der Waals surface area (Å²) in [6.45, 7) is 3.61. The molecule has 2 heterocycles. The van der Waals surface area contributed by atoms with Gasteiger partial charge in [-0.15, -0.1) is 0 Å². The molecule has 3 atom stereocenters. The van der Waals surface area contributed by atoms with E-state index in [0.717, 1.165) is 53.9 Å². The third-order valence-electron chi connectivity index (χ3n) is 7.36. The molecule has 5 nitrogen and oxygen atoms in total. The third-order valence-corrected chi connectivity index (χ3v) is 7.36. The van der Waals surface area contributed by atoms with Crippen LogP contribution in [-0.4, -0.2) is 18.1 Å². The van der Waals surface area contributed by atoms with E-state index in [1.165, 1.54) is 6.07 Å². The summed E-state index contributed by atoms with van der Waals surface area (Å²) in [5.41, 5.74) is 4.80. The number of methoxy groups -OCH3 is 1. The van der Waals surface area contributed by atoms with Gasteiger partial charge in [0.25, 0.3) is 0 Å². The van der Waals surface area contributed by atoms with Crippen LogP contribution in [0.25, 0.3) is 11.1 Å². The van der Waals surface area contributed by atoms with Gasteiger partial charge < -0.3 is 19.4 Å². The van der Waals surface area contributed by atoms with Gasteiger partial charge in [-0.05, 0) is 85.9 Å². The van der Waals surface area contributed by atoms with Gasteiger partial charge in [-0.1, -0.05) is 25.1 Å². The van der Waals surface area contributed by atoms with E-state index in [2.05, 4.69) is 6.07 Å². The van der Waals surface area contributed by atoms with E-state index in [-0.39, 0.29) is 47.4 Å². The molecule has 0 bridgehead atoms. The molecule has 1 aliphatic carbocycles. The first-order chi connectivity index (χ1) is 16.9. The van der Waals surface area contributed by atoms with Crippen molar-refractivity contribution in [2.75, 3.05) is 7.11 Å². The Kier molecular flexibility index (Phi) is 8.08. The number of carboxylic acid groups (broad SMARTS) is 1. The number of halogens is 1.